The van der Waals surface area contributed by atoms with Crippen molar-refractivity contribution in [1.29, 1.82) is 0 Å². The molecule has 4 rings (SSSR count). The summed E-state index contributed by atoms with van der Waals surface area (Å²) in [5.41, 5.74) is 6.42. The van der Waals surface area contributed by atoms with Gasteiger partial charge in [0.05, 0.1) is 29.7 Å². The standard InChI is InChI=1S/C22H26N6O/c1-5-16(13-29)27-12-14(3)20-22(27)24-15(4)21(26-20)17-8-9-19(25-18(17)6-2)28-11-7-10-23-28/h7-12,16,29H,5-6,13H2,1-4H3/t16-/m0/s1. The van der Waals surface area contributed by atoms with Gasteiger partial charge in [-0.3, -0.25) is 0 Å². The van der Waals surface area contributed by atoms with E-state index in [1.165, 1.54) is 0 Å². The van der Waals surface area contributed by atoms with Crippen LogP contribution >= 0.6 is 0 Å². The predicted octanol–water partition coefficient (Wildman–Crippen LogP) is 3.80. The van der Waals surface area contributed by atoms with Crippen molar-refractivity contribution in [2.24, 2.45) is 0 Å². The van der Waals surface area contributed by atoms with E-state index in [-0.39, 0.29) is 12.6 Å². The van der Waals surface area contributed by atoms with Crippen molar-refractivity contribution < 1.29 is 5.11 Å². The molecule has 4 aromatic rings. The lowest BCUT2D eigenvalue weighted by Crippen LogP contribution is -2.12. The molecule has 0 bridgehead atoms. The summed E-state index contributed by atoms with van der Waals surface area (Å²) in [6, 6.07) is 5.91. The number of hydrogen-bond acceptors (Lipinski definition) is 5. The van der Waals surface area contributed by atoms with Gasteiger partial charge in [-0.15, -0.1) is 0 Å². The fourth-order valence-electron chi connectivity index (χ4n) is 3.74. The lowest BCUT2D eigenvalue weighted by Gasteiger charge is -2.16. The van der Waals surface area contributed by atoms with Crippen LogP contribution in [-0.4, -0.2) is 41.0 Å². The monoisotopic (exact) mass is 390 g/mol. The zero-order chi connectivity index (χ0) is 20.5. The van der Waals surface area contributed by atoms with Crippen molar-refractivity contribution >= 4 is 11.2 Å². The van der Waals surface area contributed by atoms with Gasteiger partial charge in [0, 0.05) is 24.2 Å². The maximum atomic E-state index is 9.74. The zero-order valence-electron chi connectivity index (χ0n) is 17.3. The molecule has 0 unspecified atom stereocenters. The second kappa shape index (κ2) is 7.75. The molecule has 0 aromatic carbocycles. The Kier molecular flexibility index (Phi) is 5.15. The number of aliphatic hydroxyl groups excluding tert-OH is 1. The van der Waals surface area contributed by atoms with Crippen LogP contribution in [-0.2, 0) is 6.42 Å². The van der Waals surface area contributed by atoms with Gasteiger partial charge >= 0.3 is 0 Å². The molecule has 150 valence electrons. The van der Waals surface area contributed by atoms with Crippen LogP contribution in [0.2, 0.25) is 0 Å². The minimum Gasteiger partial charge on any atom is -0.394 e. The molecule has 0 aliphatic rings. The molecule has 0 amide bonds. The smallest absolute Gasteiger partial charge is 0.159 e. The van der Waals surface area contributed by atoms with Crippen molar-refractivity contribution in [3.05, 3.63) is 53.7 Å². The first kappa shape index (κ1) is 19.3. The Balaban J connectivity index is 1.86. The highest BCUT2D eigenvalue weighted by molar-refractivity contribution is 5.80. The van der Waals surface area contributed by atoms with Crippen LogP contribution in [0, 0.1) is 13.8 Å². The number of aromatic nitrogens is 6. The Morgan fingerprint density at radius 3 is 2.59 bits per heavy atom. The third kappa shape index (κ3) is 3.31. The summed E-state index contributed by atoms with van der Waals surface area (Å²) in [6.45, 7) is 8.26. The van der Waals surface area contributed by atoms with E-state index in [0.717, 1.165) is 58.0 Å². The molecule has 0 aliphatic heterocycles. The normalized spacial score (nSPS) is 12.6. The van der Waals surface area contributed by atoms with Crippen LogP contribution < -0.4 is 0 Å². The van der Waals surface area contributed by atoms with Crippen molar-refractivity contribution in [1.82, 2.24) is 29.3 Å². The van der Waals surface area contributed by atoms with E-state index in [2.05, 4.69) is 25.0 Å². The second-order valence-electron chi connectivity index (χ2n) is 7.26. The summed E-state index contributed by atoms with van der Waals surface area (Å²) in [4.78, 5) is 14.7. The number of nitrogens with zero attached hydrogens (tertiary/aromatic N) is 6. The van der Waals surface area contributed by atoms with Crippen molar-refractivity contribution in [2.45, 2.75) is 46.6 Å². The molecule has 1 N–H and O–H groups in total. The van der Waals surface area contributed by atoms with E-state index in [4.69, 9.17) is 15.0 Å². The molecule has 0 fully saturated rings. The quantitative estimate of drug-likeness (QED) is 0.541. The summed E-state index contributed by atoms with van der Waals surface area (Å²) in [7, 11) is 0. The minimum atomic E-state index is 0.00646. The Morgan fingerprint density at radius 1 is 1.10 bits per heavy atom. The van der Waals surface area contributed by atoms with Crippen molar-refractivity contribution in [3.63, 3.8) is 0 Å². The number of aliphatic hydroxyl groups is 1. The fraction of sp³-hybridized carbons (Fsp3) is 0.364. The summed E-state index contributed by atoms with van der Waals surface area (Å²) < 4.78 is 3.81. The Bertz CT molecular complexity index is 1140. The molecule has 0 radical (unpaired) electrons. The third-order valence-electron chi connectivity index (χ3n) is 5.37. The maximum Gasteiger partial charge on any atom is 0.159 e. The van der Waals surface area contributed by atoms with Crippen LogP contribution in [0.25, 0.3) is 28.2 Å². The fourth-order valence-corrected chi connectivity index (χ4v) is 3.74. The van der Waals surface area contributed by atoms with E-state index < -0.39 is 0 Å². The van der Waals surface area contributed by atoms with Crippen LogP contribution in [0.1, 0.15) is 43.3 Å². The Hall–Kier alpha value is -3.06. The highest BCUT2D eigenvalue weighted by atomic mass is 16.3. The summed E-state index contributed by atoms with van der Waals surface area (Å²) in [6.07, 6.45) is 7.29. The van der Waals surface area contributed by atoms with Gasteiger partial charge in [-0.25, -0.2) is 19.6 Å². The maximum absolute atomic E-state index is 9.74. The van der Waals surface area contributed by atoms with E-state index in [0.29, 0.717) is 0 Å². The summed E-state index contributed by atoms with van der Waals surface area (Å²) >= 11 is 0. The van der Waals surface area contributed by atoms with Crippen molar-refractivity contribution in [3.8, 4) is 17.1 Å². The molecule has 4 heterocycles. The molecule has 0 spiro atoms. The zero-order valence-corrected chi connectivity index (χ0v) is 17.3. The Morgan fingerprint density at radius 2 is 1.93 bits per heavy atom. The molecular formula is C22H26N6O. The van der Waals surface area contributed by atoms with E-state index >= 15 is 0 Å². The number of rotatable bonds is 6. The highest BCUT2D eigenvalue weighted by Gasteiger charge is 2.19. The van der Waals surface area contributed by atoms with E-state index in [9.17, 15) is 5.11 Å². The lowest BCUT2D eigenvalue weighted by atomic mass is 10.1. The Labute approximate surface area is 170 Å². The largest absolute Gasteiger partial charge is 0.394 e. The molecule has 0 saturated heterocycles. The summed E-state index contributed by atoms with van der Waals surface area (Å²) in [5.74, 6) is 0.790. The second-order valence-corrected chi connectivity index (χ2v) is 7.26. The van der Waals surface area contributed by atoms with Gasteiger partial charge < -0.3 is 9.67 Å². The van der Waals surface area contributed by atoms with E-state index in [1.807, 2.05) is 42.9 Å². The van der Waals surface area contributed by atoms with E-state index in [1.54, 1.807) is 10.9 Å². The molecule has 7 heteroatoms. The van der Waals surface area contributed by atoms with Crippen LogP contribution in [0.15, 0.2) is 36.8 Å². The molecule has 1 atom stereocenters. The number of fused-ring (bicyclic) bond motifs is 1. The van der Waals surface area contributed by atoms with Gasteiger partial charge in [-0.05, 0) is 50.5 Å². The van der Waals surface area contributed by atoms with Gasteiger partial charge in [0.1, 0.15) is 5.52 Å². The van der Waals surface area contributed by atoms with Gasteiger partial charge in [-0.2, -0.15) is 5.10 Å². The van der Waals surface area contributed by atoms with Gasteiger partial charge in [0.2, 0.25) is 0 Å². The lowest BCUT2D eigenvalue weighted by molar-refractivity contribution is 0.227. The predicted molar refractivity (Wildman–Crippen MR) is 113 cm³/mol. The average molecular weight is 390 g/mol. The average Bonchev–Trinajstić information content (AvgIpc) is 3.37. The molecule has 0 aliphatic carbocycles. The molecular weight excluding hydrogens is 364 g/mol. The van der Waals surface area contributed by atoms with Gasteiger partial charge in [0.15, 0.2) is 11.5 Å². The summed E-state index contributed by atoms with van der Waals surface area (Å²) in [5, 5.41) is 14.0. The first-order valence-corrected chi connectivity index (χ1v) is 10.0. The minimum absolute atomic E-state index is 0.00646. The van der Waals surface area contributed by atoms with Crippen LogP contribution in [0.4, 0.5) is 0 Å². The first-order valence-electron chi connectivity index (χ1n) is 10.0. The molecule has 4 aromatic heterocycles. The third-order valence-corrected chi connectivity index (χ3v) is 5.37. The molecule has 7 nitrogen and oxygen atoms in total. The van der Waals surface area contributed by atoms with Crippen LogP contribution in [0.3, 0.4) is 0 Å². The first-order chi connectivity index (χ1) is 14.1. The molecule has 29 heavy (non-hydrogen) atoms. The van der Waals surface area contributed by atoms with Crippen molar-refractivity contribution in [2.75, 3.05) is 6.61 Å². The van der Waals surface area contributed by atoms with Gasteiger partial charge in [0.25, 0.3) is 0 Å². The highest BCUT2D eigenvalue weighted by Crippen LogP contribution is 2.30. The number of hydrogen-bond donors (Lipinski definition) is 1. The number of aryl methyl sites for hydroxylation is 3. The van der Waals surface area contributed by atoms with Crippen LogP contribution in [0.5, 0.6) is 0 Å². The SMILES string of the molecule is CCc1nc(-n2cccn2)ccc1-c1nc2c(C)cn([C@@H](CC)CO)c2nc1C. The number of pyridine rings is 1. The molecule has 0 saturated carbocycles. The van der Waals surface area contributed by atoms with Gasteiger partial charge in [-0.1, -0.05) is 13.8 Å². The topological polar surface area (TPSA) is 81.7 Å².